The normalized spacial score (nSPS) is 40.9. The smallest absolute Gasteiger partial charge is 0.0794 e. The Kier molecular flexibility index (Phi) is 2.52. The molecule has 1 fully saturated rings. The van der Waals surface area contributed by atoms with Gasteiger partial charge < -0.3 is 15.7 Å². The average molecular weight is 158 g/mol. The molecule has 0 saturated carbocycles. The van der Waals surface area contributed by atoms with Crippen LogP contribution in [0.3, 0.4) is 0 Å². The summed E-state index contributed by atoms with van der Waals surface area (Å²) in [5, 5.41) is 9.70. The number of hydrogen-bond acceptors (Lipinski definition) is 3. The van der Waals surface area contributed by atoms with Gasteiger partial charge in [0.2, 0.25) is 0 Å². The van der Waals surface area contributed by atoms with E-state index in [9.17, 15) is 5.11 Å². The molecule has 0 radical (unpaired) electrons. The molecule has 11 heavy (non-hydrogen) atoms. The van der Waals surface area contributed by atoms with Crippen molar-refractivity contribution in [3.8, 4) is 0 Å². The molecule has 1 aliphatic rings. The van der Waals surface area contributed by atoms with Crippen molar-refractivity contribution in [2.24, 2.45) is 5.73 Å². The first-order valence-corrected chi connectivity index (χ1v) is 4.26. The molecule has 0 aromatic carbocycles. The van der Waals surface area contributed by atoms with Gasteiger partial charge in [0.1, 0.15) is 0 Å². The van der Waals surface area contributed by atoms with Crippen molar-refractivity contribution < 1.29 is 5.11 Å². The van der Waals surface area contributed by atoms with Gasteiger partial charge in [-0.15, -0.1) is 0 Å². The van der Waals surface area contributed by atoms with Gasteiger partial charge in [-0.3, -0.25) is 0 Å². The number of nitrogens with two attached hydrogens (primary N) is 1. The van der Waals surface area contributed by atoms with E-state index in [0.29, 0.717) is 0 Å². The monoisotopic (exact) mass is 158 g/mol. The largest absolute Gasteiger partial charge is 0.388 e. The van der Waals surface area contributed by atoms with Crippen molar-refractivity contribution in [3.63, 3.8) is 0 Å². The maximum atomic E-state index is 9.70. The molecule has 0 bridgehead atoms. The minimum absolute atomic E-state index is 0.0869. The number of likely N-dealkylation sites (N-methyl/N-ethyl adjacent to an activating group) is 1. The summed E-state index contributed by atoms with van der Waals surface area (Å²) in [7, 11) is 0. The van der Waals surface area contributed by atoms with Gasteiger partial charge in [-0.2, -0.15) is 0 Å². The first-order chi connectivity index (χ1) is 5.06. The number of likely N-dealkylation sites (tertiary alicyclic amines) is 1. The first kappa shape index (κ1) is 8.97. The van der Waals surface area contributed by atoms with Crippen molar-refractivity contribution in [2.45, 2.75) is 31.9 Å². The van der Waals surface area contributed by atoms with Crippen molar-refractivity contribution in [1.29, 1.82) is 0 Å². The summed E-state index contributed by atoms with van der Waals surface area (Å²) in [6.07, 6.45) is 0.794. The molecule has 0 spiro atoms. The number of hydrogen-bond donors (Lipinski definition) is 2. The first-order valence-electron chi connectivity index (χ1n) is 4.26. The molecule has 0 aromatic heterocycles. The molecule has 2 atom stereocenters. The fourth-order valence-corrected chi connectivity index (χ4v) is 1.42. The lowest BCUT2D eigenvalue weighted by Crippen LogP contribution is -2.57. The Morgan fingerprint density at radius 3 is 2.82 bits per heavy atom. The molecule has 3 nitrogen and oxygen atoms in total. The third-order valence-electron chi connectivity index (χ3n) is 2.64. The van der Waals surface area contributed by atoms with Gasteiger partial charge in [-0.25, -0.2) is 0 Å². The molecule has 0 aliphatic carbocycles. The zero-order chi connectivity index (χ0) is 8.48. The maximum Gasteiger partial charge on any atom is 0.0794 e. The summed E-state index contributed by atoms with van der Waals surface area (Å²) in [6.45, 7) is 6.77. The summed E-state index contributed by atoms with van der Waals surface area (Å²) in [4.78, 5) is 2.27. The summed E-state index contributed by atoms with van der Waals surface area (Å²) in [5.74, 6) is 0. The second kappa shape index (κ2) is 3.09. The van der Waals surface area contributed by atoms with Crippen molar-refractivity contribution in [3.05, 3.63) is 0 Å². The molecular formula is C8H18N2O. The van der Waals surface area contributed by atoms with Crippen LogP contribution >= 0.6 is 0 Å². The van der Waals surface area contributed by atoms with Crippen LogP contribution in [0.15, 0.2) is 0 Å². The molecule has 1 heterocycles. The zero-order valence-corrected chi connectivity index (χ0v) is 7.38. The number of nitrogens with zero attached hydrogens (tertiary/aromatic N) is 1. The minimum atomic E-state index is -0.647. The number of aliphatic hydroxyl groups is 1. The Labute approximate surface area is 68.2 Å². The number of rotatable bonds is 1. The lowest BCUT2D eigenvalue weighted by molar-refractivity contribution is -0.0222. The summed E-state index contributed by atoms with van der Waals surface area (Å²) in [6, 6.07) is -0.0869. The SMILES string of the molecule is CCN1CCC(C)(O)C(N)C1. The maximum absolute atomic E-state index is 9.70. The molecule has 1 rings (SSSR count). The van der Waals surface area contributed by atoms with Crippen LogP contribution in [0.25, 0.3) is 0 Å². The van der Waals surface area contributed by atoms with Crippen LogP contribution in [0.4, 0.5) is 0 Å². The van der Waals surface area contributed by atoms with Crippen molar-refractivity contribution >= 4 is 0 Å². The Bertz CT molecular complexity index is 136. The van der Waals surface area contributed by atoms with E-state index < -0.39 is 5.60 Å². The summed E-state index contributed by atoms with van der Waals surface area (Å²) >= 11 is 0. The van der Waals surface area contributed by atoms with Gasteiger partial charge in [-0.05, 0) is 19.9 Å². The molecule has 0 amide bonds. The summed E-state index contributed by atoms with van der Waals surface area (Å²) < 4.78 is 0. The van der Waals surface area contributed by atoms with Gasteiger partial charge in [0.05, 0.1) is 5.60 Å². The zero-order valence-electron chi connectivity index (χ0n) is 7.38. The molecule has 1 aliphatic heterocycles. The predicted molar refractivity (Wildman–Crippen MR) is 45.3 cm³/mol. The lowest BCUT2D eigenvalue weighted by atomic mass is 9.89. The lowest BCUT2D eigenvalue weighted by Gasteiger charge is -2.40. The predicted octanol–water partition coefficient (Wildman–Crippen LogP) is -0.210. The molecule has 2 unspecified atom stereocenters. The quantitative estimate of drug-likeness (QED) is 0.555. The van der Waals surface area contributed by atoms with E-state index in [-0.39, 0.29) is 6.04 Å². The van der Waals surface area contributed by atoms with E-state index in [0.717, 1.165) is 26.1 Å². The molecular weight excluding hydrogens is 140 g/mol. The van der Waals surface area contributed by atoms with Crippen LogP contribution < -0.4 is 5.73 Å². The second-order valence-electron chi connectivity index (χ2n) is 3.61. The molecule has 0 aromatic rings. The topological polar surface area (TPSA) is 49.5 Å². The van der Waals surface area contributed by atoms with E-state index in [1.807, 2.05) is 6.92 Å². The summed E-state index contributed by atoms with van der Waals surface area (Å²) in [5.41, 5.74) is 5.14. The van der Waals surface area contributed by atoms with Gasteiger partial charge in [0.15, 0.2) is 0 Å². The highest BCUT2D eigenvalue weighted by atomic mass is 16.3. The number of piperidine rings is 1. The standard InChI is InChI=1S/C8H18N2O/c1-3-10-5-4-8(2,11)7(9)6-10/h7,11H,3-6,9H2,1-2H3. The van der Waals surface area contributed by atoms with Crippen LogP contribution in [0.2, 0.25) is 0 Å². The highest BCUT2D eigenvalue weighted by Gasteiger charge is 2.34. The van der Waals surface area contributed by atoms with Crippen molar-refractivity contribution in [2.75, 3.05) is 19.6 Å². The molecule has 66 valence electrons. The van der Waals surface area contributed by atoms with Crippen LogP contribution in [0.1, 0.15) is 20.3 Å². The fraction of sp³-hybridized carbons (Fsp3) is 1.00. The molecule has 3 heteroatoms. The van der Waals surface area contributed by atoms with Gasteiger partial charge >= 0.3 is 0 Å². The van der Waals surface area contributed by atoms with E-state index in [1.165, 1.54) is 0 Å². The van der Waals surface area contributed by atoms with E-state index in [2.05, 4.69) is 11.8 Å². The van der Waals surface area contributed by atoms with Gasteiger partial charge in [-0.1, -0.05) is 6.92 Å². The van der Waals surface area contributed by atoms with Crippen LogP contribution in [0, 0.1) is 0 Å². The second-order valence-corrected chi connectivity index (χ2v) is 3.61. The average Bonchev–Trinajstić information content (AvgIpc) is 1.95. The van der Waals surface area contributed by atoms with Crippen molar-refractivity contribution in [1.82, 2.24) is 4.90 Å². The van der Waals surface area contributed by atoms with E-state index in [4.69, 9.17) is 5.73 Å². The van der Waals surface area contributed by atoms with Gasteiger partial charge in [0, 0.05) is 19.1 Å². The minimum Gasteiger partial charge on any atom is -0.388 e. The fourth-order valence-electron chi connectivity index (χ4n) is 1.42. The van der Waals surface area contributed by atoms with E-state index in [1.54, 1.807) is 0 Å². The third-order valence-corrected chi connectivity index (χ3v) is 2.64. The highest BCUT2D eigenvalue weighted by molar-refractivity contribution is 4.92. The third kappa shape index (κ3) is 1.92. The highest BCUT2D eigenvalue weighted by Crippen LogP contribution is 2.19. The van der Waals surface area contributed by atoms with Crippen LogP contribution in [0.5, 0.6) is 0 Å². The Morgan fingerprint density at radius 2 is 2.36 bits per heavy atom. The van der Waals surface area contributed by atoms with Crippen LogP contribution in [-0.4, -0.2) is 41.3 Å². The van der Waals surface area contributed by atoms with Gasteiger partial charge in [0.25, 0.3) is 0 Å². The van der Waals surface area contributed by atoms with Crippen LogP contribution in [-0.2, 0) is 0 Å². The van der Waals surface area contributed by atoms with E-state index >= 15 is 0 Å². The Hall–Kier alpha value is -0.120. The Morgan fingerprint density at radius 1 is 1.73 bits per heavy atom. The molecule has 1 saturated heterocycles. The molecule has 3 N–H and O–H groups in total. The Balaban J connectivity index is 2.48.